The number of fused-ring (bicyclic) bond motifs is 8. The van der Waals surface area contributed by atoms with Crippen molar-refractivity contribution >= 4 is 65.4 Å². The minimum absolute atomic E-state index is 1.01. The van der Waals surface area contributed by atoms with Crippen molar-refractivity contribution in [2.45, 2.75) is 0 Å². The number of nitrogens with zero attached hydrogens (tertiary/aromatic N) is 2. The molecule has 3 heteroatoms. The molecule has 0 aliphatic carbocycles. The Balaban J connectivity index is 1.35. The van der Waals surface area contributed by atoms with Crippen molar-refractivity contribution in [3.05, 3.63) is 133 Å². The molecule has 3 heterocycles. The van der Waals surface area contributed by atoms with Crippen LogP contribution in [-0.4, -0.2) is 14.5 Å². The Morgan fingerprint density at radius 2 is 0.975 bits per heavy atom. The molecule has 0 bridgehead atoms. The van der Waals surface area contributed by atoms with Crippen LogP contribution in [0.5, 0.6) is 0 Å². The third kappa shape index (κ3) is 2.97. The molecule has 0 radical (unpaired) electrons. The van der Waals surface area contributed by atoms with Gasteiger partial charge in [0.1, 0.15) is 0 Å². The van der Waals surface area contributed by atoms with E-state index in [1.54, 1.807) is 0 Å². The van der Waals surface area contributed by atoms with Crippen molar-refractivity contribution < 1.29 is 0 Å². The number of pyridine rings is 1. The molecule has 3 aromatic heterocycles. The second-order valence-corrected chi connectivity index (χ2v) is 10.5. The van der Waals surface area contributed by atoms with Crippen LogP contribution in [0.4, 0.5) is 0 Å². The molecular formula is C37H23N3. The molecular weight excluding hydrogens is 486 g/mol. The molecule has 9 rings (SSSR count). The van der Waals surface area contributed by atoms with E-state index in [1.807, 2.05) is 0 Å². The first-order chi connectivity index (χ1) is 19.8. The summed E-state index contributed by atoms with van der Waals surface area (Å²) in [6.45, 7) is 0. The average Bonchev–Trinajstić information content (AvgIpc) is 3.55. The van der Waals surface area contributed by atoms with E-state index in [2.05, 4.69) is 143 Å². The van der Waals surface area contributed by atoms with Gasteiger partial charge in [0.15, 0.2) is 0 Å². The van der Waals surface area contributed by atoms with Crippen LogP contribution in [0.1, 0.15) is 0 Å². The van der Waals surface area contributed by atoms with E-state index in [0.29, 0.717) is 0 Å². The maximum absolute atomic E-state index is 4.99. The van der Waals surface area contributed by atoms with E-state index in [1.165, 1.54) is 60.4 Å². The summed E-state index contributed by atoms with van der Waals surface area (Å²) in [4.78, 5) is 8.54. The Kier molecular flexibility index (Phi) is 4.33. The van der Waals surface area contributed by atoms with Gasteiger partial charge in [0.05, 0.1) is 27.8 Å². The van der Waals surface area contributed by atoms with Crippen molar-refractivity contribution in [1.29, 1.82) is 0 Å². The van der Waals surface area contributed by atoms with Gasteiger partial charge in [-0.15, -0.1) is 0 Å². The minimum atomic E-state index is 1.01. The van der Waals surface area contributed by atoms with Gasteiger partial charge in [-0.1, -0.05) is 84.9 Å². The van der Waals surface area contributed by atoms with Gasteiger partial charge in [0.25, 0.3) is 0 Å². The van der Waals surface area contributed by atoms with E-state index in [0.717, 1.165) is 21.8 Å². The Morgan fingerprint density at radius 1 is 0.425 bits per heavy atom. The number of hydrogen-bond acceptors (Lipinski definition) is 1. The van der Waals surface area contributed by atoms with Gasteiger partial charge in [0, 0.05) is 43.4 Å². The lowest BCUT2D eigenvalue weighted by molar-refractivity contribution is 1.21. The predicted molar refractivity (Wildman–Crippen MR) is 168 cm³/mol. The van der Waals surface area contributed by atoms with E-state index in [4.69, 9.17) is 4.98 Å². The highest BCUT2D eigenvalue weighted by Crippen LogP contribution is 2.39. The lowest BCUT2D eigenvalue weighted by Gasteiger charge is -2.15. The molecule has 9 aromatic rings. The molecule has 0 aliphatic rings. The van der Waals surface area contributed by atoms with Gasteiger partial charge in [-0.05, 0) is 59.7 Å². The highest BCUT2D eigenvalue weighted by atomic mass is 15.0. The third-order valence-electron chi connectivity index (χ3n) is 8.29. The fourth-order valence-electron chi connectivity index (χ4n) is 6.48. The molecule has 40 heavy (non-hydrogen) atoms. The van der Waals surface area contributed by atoms with Gasteiger partial charge in [-0.2, -0.15) is 0 Å². The Bertz CT molecular complexity index is 2390. The highest BCUT2D eigenvalue weighted by Gasteiger charge is 2.18. The quantitative estimate of drug-likeness (QED) is 0.231. The Hall–Kier alpha value is -5.41. The van der Waals surface area contributed by atoms with Crippen molar-refractivity contribution in [2.75, 3.05) is 0 Å². The van der Waals surface area contributed by atoms with Crippen LogP contribution < -0.4 is 0 Å². The summed E-state index contributed by atoms with van der Waals surface area (Å²) in [5.74, 6) is 0. The summed E-state index contributed by atoms with van der Waals surface area (Å²) in [5.41, 5.74) is 10.4. The summed E-state index contributed by atoms with van der Waals surface area (Å²) in [6.07, 6.45) is 0. The summed E-state index contributed by atoms with van der Waals surface area (Å²) < 4.78 is 2.43. The lowest BCUT2D eigenvalue weighted by atomic mass is 10.0. The number of para-hydroxylation sites is 4. The smallest absolute Gasteiger partial charge is 0.0730 e. The molecule has 0 atom stereocenters. The molecule has 0 fully saturated rings. The largest absolute Gasteiger partial charge is 0.355 e. The lowest BCUT2D eigenvalue weighted by Crippen LogP contribution is -1.98. The predicted octanol–water partition coefficient (Wildman–Crippen LogP) is 9.79. The zero-order chi connectivity index (χ0) is 26.2. The molecule has 0 amide bonds. The molecule has 0 aliphatic heterocycles. The van der Waals surface area contributed by atoms with Crippen LogP contribution in [0.2, 0.25) is 0 Å². The van der Waals surface area contributed by atoms with Crippen LogP contribution in [0, 0.1) is 0 Å². The van der Waals surface area contributed by atoms with Gasteiger partial charge in [0.2, 0.25) is 0 Å². The first-order valence-corrected chi connectivity index (χ1v) is 13.7. The Morgan fingerprint density at radius 3 is 1.75 bits per heavy atom. The number of benzene rings is 6. The molecule has 0 saturated heterocycles. The maximum Gasteiger partial charge on any atom is 0.0730 e. The molecule has 0 spiro atoms. The molecule has 0 saturated carbocycles. The summed E-state index contributed by atoms with van der Waals surface area (Å²) in [7, 11) is 0. The van der Waals surface area contributed by atoms with Gasteiger partial charge in [-0.3, -0.25) is 0 Å². The summed E-state index contributed by atoms with van der Waals surface area (Å²) >= 11 is 0. The number of aromatic nitrogens is 3. The van der Waals surface area contributed by atoms with Crippen LogP contribution in [-0.2, 0) is 0 Å². The zero-order valence-corrected chi connectivity index (χ0v) is 21.6. The van der Waals surface area contributed by atoms with Crippen molar-refractivity contribution in [3.63, 3.8) is 0 Å². The monoisotopic (exact) mass is 509 g/mol. The molecule has 186 valence electrons. The van der Waals surface area contributed by atoms with Crippen molar-refractivity contribution in [2.24, 2.45) is 0 Å². The maximum atomic E-state index is 4.99. The SMILES string of the molecule is c1ccc2c(-n3c4ccccc4c4cc(-c5ccc6[nH]c7ccccc7c6c5)ccc43)c3ccccc3nc2c1. The average molecular weight is 510 g/mol. The third-order valence-corrected chi connectivity index (χ3v) is 8.29. The number of H-pyrrole nitrogens is 1. The van der Waals surface area contributed by atoms with Gasteiger partial charge >= 0.3 is 0 Å². The number of nitrogens with one attached hydrogen (secondary N) is 1. The van der Waals surface area contributed by atoms with E-state index in [-0.39, 0.29) is 0 Å². The van der Waals surface area contributed by atoms with Crippen LogP contribution in [0.25, 0.3) is 82.2 Å². The number of hydrogen-bond donors (Lipinski definition) is 1. The number of rotatable bonds is 2. The molecule has 0 unspecified atom stereocenters. The minimum Gasteiger partial charge on any atom is -0.355 e. The summed E-state index contributed by atoms with van der Waals surface area (Å²) in [5, 5.41) is 7.31. The van der Waals surface area contributed by atoms with E-state index in [9.17, 15) is 0 Å². The van der Waals surface area contributed by atoms with Crippen LogP contribution in [0.15, 0.2) is 133 Å². The first-order valence-electron chi connectivity index (χ1n) is 13.7. The van der Waals surface area contributed by atoms with Crippen molar-refractivity contribution in [1.82, 2.24) is 14.5 Å². The molecule has 1 N–H and O–H groups in total. The topological polar surface area (TPSA) is 33.6 Å². The standard InChI is InChI=1S/C37H23N3/c1-5-13-31-25(9-1)29-21-23(17-19-34(29)38-31)24-18-20-36-30(22-24)26-10-4-8-16-35(26)40(36)37-27-11-2-6-14-32(27)39-33-15-7-3-12-28(33)37/h1-22,38H. The molecule has 6 aromatic carbocycles. The fraction of sp³-hybridized carbons (Fsp3) is 0. The van der Waals surface area contributed by atoms with Crippen LogP contribution >= 0.6 is 0 Å². The summed E-state index contributed by atoms with van der Waals surface area (Å²) in [6, 6.07) is 47.9. The van der Waals surface area contributed by atoms with E-state index >= 15 is 0 Å². The Labute approximate surface area is 229 Å². The van der Waals surface area contributed by atoms with Crippen molar-refractivity contribution in [3.8, 4) is 16.8 Å². The van der Waals surface area contributed by atoms with Gasteiger partial charge < -0.3 is 9.55 Å². The normalized spacial score (nSPS) is 12.0. The van der Waals surface area contributed by atoms with Crippen LogP contribution in [0.3, 0.4) is 0 Å². The second kappa shape index (κ2) is 8.05. The van der Waals surface area contributed by atoms with Gasteiger partial charge in [-0.25, -0.2) is 4.98 Å². The van der Waals surface area contributed by atoms with E-state index < -0.39 is 0 Å². The highest BCUT2D eigenvalue weighted by molar-refractivity contribution is 6.15. The first kappa shape index (κ1) is 21.5. The second-order valence-electron chi connectivity index (χ2n) is 10.5. The molecule has 3 nitrogen and oxygen atoms in total. The fourth-order valence-corrected chi connectivity index (χ4v) is 6.48. The number of aromatic amines is 1. The zero-order valence-electron chi connectivity index (χ0n) is 21.6.